The van der Waals surface area contributed by atoms with E-state index < -0.39 is 6.10 Å². The second-order valence-electron chi connectivity index (χ2n) is 4.22. The SMILES string of the molecule is COCC(O)CN(C)C(=O)C=Cc1cccc(Br)c1. The average Bonchev–Trinajstić information content (AvgIpc) is 2.36. The lowest BCUT2D eigenvalue weighted by molar-refractivity contribution is -0.126. The van der Waals surface area contributed by atoms with E-state index in [0.29, 0.717) is 0 Å². The van der Waals surface area contributed by atoms with Gasteiger partial charge in [0, 0.05) is 31.3 Å². The van der Waals surface area contributed by atoms with Crippen LogP contribution in [0.15, 0.2) is 34.8 Å². The van der Waals surface area contributed by atoms with Crippen LogP contribution in [0.4, 0.5) is 0 Å². The van der Waals surface area contributed by atoms with Gasteiger partial charge in [-0.3, -0.25) is 4.79 Å². The van der Waals surface area contributed by atoms with Crippen molar-refractivity contribution < 1.29 is 14.6 Å². The Morgan fingerprint density at radius 2 is 2.32 bits per heavy atom. The third-order valence-corrected chi connectivity index (χ3v) is 2.98. The standard InChI is InChI=1S/C14H18BrNO3/c1-16(9-13(17)10-19-2)14(18)7-6-11-4-3-5-12(15)8-11/h3-8,13,17H,9-10H2,1-2H3. The molecule has 1 amide bonds. The highest BCUT2D eigenvalue weighted by molar-refractivity contribution is 9.10. The Balaban J connectivity index is 2.54. The minimum absolute atomic E-state index is 0.157. The van der Waals surface area contributed by atoms with Gasteiger partial charge in [-0.25, -0.2) is 0 Å². The van der Waals surface area contributed by atoms with Gasteiger partial charge in [-0.2, -0.15) is 0 Å². The highest BCUT2D eigenvalue weighted by atomic mass is 79.9. The summed E-state index contributed by atoms with van der Waals surface area (Å²) in [5, 5.41) is 9.54. The van der Waals surface area contributed by atoms with Crippen molar-refractivity contribution in [1.82, 2.24) is 4.90 Å². The van der Waals surface area contributed by atoms with Crippen LogP contribution in [0, 0.1) is 0 Å². The van der Waals surface area contributed by atoms with Crippen molar-refractivity contribution in [3.8, 4) is 0 Å². The number of rotatable bonds is 6. The van der Waals surface area contributed by atoms with E-state index >= 15 is 0 Å². The van der Waals surface area contributed by atoms with E-state index in [1.165, 1.54) is 18.1 Å². The van der Waals surface area contributed by atoms with E-state index in [-0.39, 0.29) is 19.1 Å². The van der Waals surface area contributed by atoms with Crippen LogP contribution in [-0.2, 0) is 9.53 Å². The Labute approximate surface area is 121 Å². The monoisotopic (exact) mass is 327 g/mol. The molecular weight excluding hydrogens is 310 g/mol. The Morgan fingerprint density at radius 1 is 1.58 bits per heavy atom. The zero-order chi connectivity index (χ0) is 14.3. The molecule has 1 unspecified atom stereocenters. The zero-order valence-electron chi connectivity index (χ0n) is 11.0. The van der Waals surface area contributed by atoms with Crippen LogP contribution in [0.1, 0.15) is 5.56 Å². The van der Waals surface area contributed by atoms with Gasteiger partial charge in [-0.1, -0.05) is 28.1 Å². The number of carbonyl (C=O) groups is 1. The number of likely N-dealkylation sites (N-methyl/N-ethyl adjacent to an activating group) is 1. The molecule has 0 radical (unpaired) electrons. The van der Waals surface area contributed by atoms with Gasteiger partial charge in [0.1, 0.15) is 0 Å². The summed E-state index contributed by atoms with van der Waals surface area (Å²) in [5.41, 5.74) is 0.938. The first-order valence-electron chi connectivity index (χ1n) is 5.88. The lowest BCUT2D eigenvalue weighted by Gasteiger charge is -2.18. The smallest absolute Gasteiger partial charge is 0.246 e. The minimum atomic E-state index is -0.668. The topological polar surface area (TPSA) is 49.8 Å². The largest absolute Gasteiger partial charge is 0.389 e. The number of hydrogen-bond donors (Lipinski definition) is 1. The molecule has 0 aliphatic rings. The molecule has 0 fully saturated rings. The molecule has 1 aromatic carbocycles. The second-order valence-corrected chi connectivity index (χ2v) is 5.13. The highest BCUT2D eigenvalue weighted by Crippen LogP contribution is 2.12. The average molecular weight is 328 g/mol. The first-order chi connectivity index (χ1) is 9.02. The molecule has 0 spiro atoms. The molecule has 0 bridgehead atoms. The summed E-state index contributed by atoms with van der Waals surface area (Å²) in [6, 6.07) is 7.66. The van der Waals surface area contributed by atoms with Crippen LogP contribution >= 0.6 is 15.9 Å². The number of amides is 1. The fraction of sp³-hybridized carbons (Fsp3) is 0.357. The number of carbonyl (C=O) groups excluding carboxylic acids is 1. The minimum Gasteiger partial charge on any atom is -0.389 e. The maximum Gasteiger partial charge on any atom is 0.246 e. The molecular formula is C14H18BrNO3. The van der Waals surface area contributed by atoms with Gasteiger partial charge < -0.3 is 14.7 Å². The zero-order valence-corrected chi connectivity index (χ0v) is 12.6. The van der Waals surface area contributed by atoms with Gasteiger partial charge in [0.15, 0.2) is 0 Å². The van der Waals surface area contributed by atoms with E-state index in [4.69, 9.17) is 4.74 Å². The van der Waals surface area contributed by atoms with Crippen LogP contribution in [0.3, 0.4) is 0 Å². The fourth-order valence-electron chi connectivity index (χ4n) is 1.56. The molecule has 5 heteroatoms. The third-order valence-electron chi connectivity index (χ3n) is 2.49. The highest BCUT2D eigenvalue weighted by Gasteiger charge is 2.10. The van der Waals surface area contributed by atoms with Gasteiger partial charge in [0.25, 0.3) is 0 Å². The van der Waals surface area contributed by atoms with Crippen molar-refractivity contribution >= 4 is 27.9 Å². The van der Waals surface area contributed by atoms with Gasteiger partial charge in [-0.05, 0) is 23.8 Å². The summed E-state index contributed by atoms with van der Waals surface area (Å²) < 4.78 is 5.78. The van der Waals surface area contributed by atoms with Gasteiger partial charge in [-0.15, -0.1) is 0 Å². The Morgan fingerprint density at radius 3 is 2.95 bits per heavy atom. The van der Waals surface area contributed by atoms with Crippen LogP contribution in [-0.4, -0.2) is 49.3 Å². The molecule has 0 aromatic heterocycles. The number of aliphatic hydroxyl groups is 1. The third kappa shape index (κ3) is 6.00. The predicted molar refractivity (Wildman–Crippen MR) is 78.7 cm³/mol. The van der Waals surface area contributed by atoms with Gasteiger partial charge >= 0.3 is 0 Å². The van der Waals surface area contributed by atoms with Crippen molar-refractivity contribution in [2.45, 2.75) is 6.10 Å². The van der Waals surface area contributed by atoms with Gasteiger partial charge in [0.2, 0.25) is 5.91 Å². The quantitative estimate of drug-likeness (QED) is 0.812. The molecule has 0 aliphatic carbocycles. The molecule has 1 atom stereocenters. The van der Waals surface area contributed by atoms with Crippen LogP contribution in [0.5, 0.6) is 0 Å². The Hall–Kier alpha value is -1.17. The number of aliphatic hydroxyl groups excluding tert-OH is 1. The van der Waals surface area contributed by atoms with Crippen molar-refractivity contribution in [3.05, 3.63) is 40.4 Å². The summed E-state index contributed by atoms with van der Waals surface area (Å²) in [6.45, 7) is 0.461. The Kier molecular flexibility index (Phi) is 6.77. The summed E-state index contributed by atoms with van der Waals surface area (Å²) in [4.78, 5) is 13.3. The number of methoxy groups -OCH3 is 1. The van der Waals surface area contributed by atoms with Crippen molar-refractivity contribution in [1.29, 1.82) is 0 Å². The molecule has 1 N–H and O–H groups in total. The summed E-state index contributed by atoms with van der Waals surface area (Å²) in [6.07, 6.45) is 2.56. The Bertz CT molecular complexity index is 448. The molecule has 104 valence electrons. The predicted octanol–water partition coefficient (Wildman–Crippen LogP) is 1.93. The van der Waals surface area contributed by atoms with Crippen LogP contribution in [0.25, 0.3) is 6.08 Å². The van der Waals surface area contributed by atoms with E-state index in [1.807, 2.05) is 24.3 Å². The molecule has 1 rings (SSSR count). The maximum atomic E-state index is 11.8. The molecule has 0 saturated carbocycles. The number of ether oxygens (including phenoxy) is 1. The van der Waals surface area contributed by atoms with Crippen LogP contribution in [0.2, 0.25) is 0 Å². The number of halogens is 1. The lowest BCUT2D eigenvalue weighted by atomic mass is 10.2. The summed E-state index contributed by atoms with van der Waals surface area (Å²) in [5.74, 6) is -0.157. The number of benzene rings is 1. The first kappa shape index (κ1) is 15.9. The summed E-state index contributed by atoms with van der Waals surface area (Å²) in [7, 11) is 3.16. The maximum absolute atomic E-state index is 11.8. The van der Waals surface area contributed by atoms with E-state index in [9.17, 15) is 9.90 Å². The van der Waals surface area contributed by atoms with Gasteiger partial charge in [0.05, 0.1) is 12.7 Å². The molecule has 0 saturated heterocycles. The molecule has 19 heavy (non-hydrogen) atoms. The normalized spacial score (nSPS) is 12.6. The molecule has 0 aliphatic heterocycles. The molecule has 4 nitrogen and oxygen atoms in total. The van der Waals surface area contributed by atoms with Crippen molar-refractivity contribution in [2.75, 3.05) is 27.3 Å². The van der Waals surface area contributed by atoms with E-state index in [0.717, 1.165) is 10.0 Å². The fourth-order valence-corrected chi connectivity index (χ4v) is 1.97. The molecule has 0 heterocycles. The number of hydrogen-bond acceptors (Lipinski definition) is 3. The second kappa shape index (κ2) is 8.09. The van der Waals surface area contributed by atoms with E-state index in [2.05, 4.69) is 15.9 Å². The van der Waals surface area contributed by atoms with Crippen molar-refractivity contribution in [3.63, 3.8) is 0 Å². The van der Waals surface area contributed by atoms with Crippen molar-refractivity contribution in [2.24, 2.45) is 0 Å². The summed E-state index contributed by atoms with van der Waals surface area (Å²) >= 11 is 3.37. The number of nitrogens with zero attached hydrogens (tertiary/aromatic N) is 1. The first-order valence-corrected chi connectivity index (χ1v) is 6.68. The van der Waals surface area contributed by atoms with Crippen LogP contribution < -0.4 is 0 Å². The molecule has 1 aromatic rings. The lowest BCUT2D eigenvalue weighted by Crippen LogP contribution is -2.35. The van der Waals surface area contributed by atoms with E-state index in [1.54, 1.807) is 13.1 Å².